The van der Waals surface area contributed by atoms with Crippen molar-refractivity contribution >= 4 is 28.4 Å². The number of fused-ring (bicyclic) bond motifs is 2. The maximum absolute atomic E-state index is 12.3. The number of H-pyrrole nitrogens is 2. The number of aromatic amines is 2. The van der Waals surface area contributed by atoms with Gasteiger partial charge < -0.3 is 9.97 Å². The van der Waals surface area contributed by atoms with E-state index in [9.17, 15) is 14.9 Å². The SMILES string of the molecule is CSc1nc2c(c(=O)[nH]1)CN(Cc1c[nH]c3cccc([N+](=O)[O-])c13)CC2. The molecule has 0 saturated heterocycles. The minimum atomic E-state index is -0.357. The average Bonchev–Trinajstić information content (AvgIpc) is 3.05. The maximum Gasteiger partial charge on any atom is 0.279 e. The number of rotatable bonds is 4. The highest BCUT2D eigenvalue weighted by Gasteiger charge is 2.23. The maximum atomic E-state index is 12.3. The molecule has 1 aliphatic rings. The molecule has 4 rings (SSSR count). The van der Waals surface area contributed by atoms with Crippen LogP contribution in [0.4, 0.5) is 5.69 Å². The number of hydrogen-bond donors (Lipinski definition) is 2. The zero-order valence-corrected chi connectivity index (χ0v) is 14.9. The van der Waals surface area contributed by atoms with E-state index in [0.717, 1.165) is 23.3 Å². The molecule has 0 unspecified atom stereocenters. The molecular weight excluding hydrogens is 354 g/mol. The van der Waals surface area contributed by atoms with Gasteiger partial charge in [0.2, 0.25) is 0 Å². The van der Waals surface area contributed by atoms with Gasteiger partial charge in [0.15, 0.2) is 5.16 Å². The topological polar surface area (TPSA) is 108 Å². The summed E-state index contributed by atoms with van der Waals surface area (Å²) >= 11 is 1.42. The molecule has 8 nitrogen and oxygen atoms in total. The van der Waals surface area contributed by atoms with E-state index >= 15 is 0 Å². The summed E-state index contributed by atoms with van der Waals surface area (Å²) in [5, 5.41) is 12.6. The Balaban J connectivity index is 1.65. The largest absolute Gasteiger partial charge is 0.361 e. The monoisotopic (exact) mass is 371 g/mol. The van der Waals surface area contributed by atoms with E-state index in [1.54, 1.807) is 6.07 Å². The fourth-order valence-corrected chi connectivity index (χ4v) is 3.84. The third-order valence-electron chi connectivity index (χ3n) is 4.68. The number of nitrogens with zero attached hydrogens (tertiary/aromatic N) is 3. The second kappa shape index (κ2) is 6.58. The van der Waals surface area contributed by atoms with Crippen LogP contribution in [-0.2, 0) is 19.5 Å². The quantitative estimate of drug-likeness (QED) is 0.316. The molecule has 2 N–H and O–H groups in total. The molecule has 2 aromatic heterocycles. The van der Waals surface area contributed by atoms with Crippen LogP contribution in [-0.4, -0.2) is 37.6 Å². The van der Waals surface area contributed by atoms with Gasteiger partial charge in [-0.25, -0.2) is 4.98 Å². The van der Waals surface area contributed by atoms with Gasteiger partial charge in [-0.15, -0.1) is 0 Å². The molecule has 0 atom stereocenters. The first kappa shape index (κ1) is 16.8. The van der Waals surface area contributed by atoms with E-state index in [-0.39, 0.29) is 16.2 Å². The minimum absolute atomic E-state index is 0.0975. The lowest BCUT2D eigenvalue weighted by molar-refractivity contribution is -0.383. The first-order chi connectivity index (χ1) is 12.6. The smallest absolute Gasteiger partial charge is 0.279 e. The number of aromatic nitrogens is 3. The van der Waals surface area contributed by atoms with E-state index in [1.807, 2.05) is 18.5 Å². The molecule has 26 heavy (non-hydrogen) atoms. The van der Waals surface area contributed by atoms with Gasteiger partial charge in [0.05, 0.1) is 27.1 Å². The van der Waals surface area contributed by atoms with Gasteiger partial charge in [-0.2, -0.15) is 0 Å². The molecule has 1 aromatic carbocycles. The Morgan fingerprint density at radius 3 is 3.04 bits per heavy atom. The van der Waals surface area contributed by atoms with Crippen molar-refractivity contribution in [3.8, 4) is 0 Å². The fourth-order valence-electron chi connectivity index (χ4n) is 3.44. The van der Waals surface area contributed by atoms with Crippen molar-refractivity contribution in [1.29, 1.82) is 0 Å². The zero-order chi connectivity index (χ0) is 18.3. The Bertz CT molecular complexity index is 1060. The summed E-state index contributed by atoms with van der Waals surface area (Å²) in [6.07, 6.45) is 4.38. The van der Waals surface area contributed by atoms with Gasteiger partial charge in [0.25, 0.3) is 11.2 Å². The molecule has 9 heteroatoms. The summed E-state index contributed by atoms with van der Waals surface area (Å²) in [5.74, 6) is 0. The van der Waals surface area contributed by atoms with Gasteiger partial charge in [0.1, 0.15) is 0 Å². The summed E-state index contributed by atoms with van der Waals surface area (Å²) < 4.78 is 0. The first-order valence-corrected chi connectivity index (χ1v) is 9.41. The Morgan fingerprint density at radius 2 is 2.27 bits per heavy atom. The molecule has 0 amide bonds. The van der Waals surface area contributed by atoms with Crippen molar-refractivity contribution < 1.29 is 4.92 Å². The van der Waals surface area contributed by atoms with Gasteiger partial charge in [-0.05, 0) is 17.9 Å². The van der Waals surface area contributed by atoms with E-state index in [0.29, 0.717) is 35.6 Å². The van der Waals surface area contributed by atoms with Crippen LogP contribution in [0.3, 0.4) is 0 Å². The average molecular weight is 371 g/mol. The summed E-state index contributed by atoms with van der Waals surface area (Å²) in [4.78, 5) is 35.8. The van der Waals surface area contributed by atoms with Crippen LogP contribution in [0.1, 0.15) is 16.8 Å². The summed E-state index contributed by atoms with van der Waals surface area (Å²) in [7, 11) is 0. The van der Waals surface area contributed by atoms with Crippen molar-refractivity contribution in [2.45, 2.75) is 24.7 Å². The van der Waals surface area contributed by atoms with Crippen molar-refractivity contribution in [2.75, 3.05) is 12.8 Å². The Hall–Kier alpha value is -2.65. The number of hydrogen-bond acceptors (Lipinski definition) is 6. The molecule has 3 aromatic rings. The Morgan fingerprint density at radius 1 is 1.42 bits per heavy atom. The number of nitro groups is 1. The van der Waals surface area contributed by atoms with E-state index in [2.05, 4.69) is 19.9 Å². The lowest BCUT2D eigenvalue weighted by Gasteiger charge is -2.27. The van der Waals surface area contributed by atoms with Crippen LogP contribution in [0.25, 0.3) is 10.9 Å². The fraction of sp³-hybridized carbons (Fsp3) is 0.294. The van der Waals surface area contributed by atoms with Crippen molar-refractivity contribution in [3.05, 3.63) is 61.7 Å². The summed E-state index contributed by atoms with van der Waals surface area (Å²) in [6, 6.07) is 5.02. The van der Waals surface area contributed by atoms with Crippen molar-refractivity contribution in [2.24, 2.45) is 0 Å². The molecule has 0 spiro atoms. The van der Waals surface area contributed by atoms with Gasteiger partial charge in [-0.1, -0.05) is 17.8 Å². The third-order valence-corrected chi connectivity index (χ3v) is 5.26. The van der Waals surface area contributed by atoms with Gasteiger partial charge >= 0.3 is 0 Å². The van der Waals surface area contributed by atoms with E-state index < -0.39 is 0 Å². The first-order valence-electron chi connectivity index (χ1n) is 8.18. The Kier molecular flexibility index (Phi) is 4.25. The Labute approximate surface area is 152 Å². The van der Waals surface area contributed by atoms with E-state index in [1.165, 1.54) is 17.8 Å². The molecule has 0 fully saturated rings. The lowest BCUT2D eigenvalue weighted by Crippen LogP contribution is -2.35. The van der Waals surface area contributed by atoms with E-state index in [4.69, 9.17) is 0 Å². The summed E-state index contributed by atoms with van der Waals surface area (Å²) in [6.45, 7) is 1.78. The predicted octanol–water partition coefficient (Wildman–Crippen LogP) is 2.44. The molecule has 0 bridgehead atoms. The van der Waals surface area contributed by atoms with Crippen LogP contribution in [0.5, 0.6) is 0 Å². The second-order valence-corrected chi connectivity index (χ2v) is 7.03. The van der Waals surface area contributed by atoms with Gasteiger partial charge in [-0.3, -0.25) is 19.8 Å². The molecule has 0 radical (unpaired) electrons. The lowest BCUT2D eigenvalue weighted by atomic mass is 10.1. The number of nitro benzene ring substituents is 1. The number of thioether (sulfide) groups is 1. The third kappa shape index (κ3) is 2.89. The van der Waals surface area contributed by atoms with Crippen LogP contribution in [0, 0.1) is 10.1 Å². The zero-order valence-electron chi connectivity index (χ0n) is 14.1. The van der Waals surface area contributed by atoms with Crippen molar-refractivity contribution in [1.82, 2.24) is 19.9 Å². The normalized spacial score (nSPS) is 14.5. The molecule has 1 aliphatic heterocycles. The standard InChI is InChI=1S/C17H17N5O3S/c1-26-17-19-12-5-6-21(9-11(12)16(23)20-17)8-10-7-18-13-3-2-4-14(15(10)13)22(24)25/h2-4,7,18H,5-6,8-9H2,1H3,(H,19,20,23). The number of nitrogens with one attached hydrogen (secondary N) is 2. The molecule has 0 saturated carbocycles. The molecule has 0 aliphatic carbocycles. The highest BCUT2D eigenvalue weighted by atomic mass is 32.2. The highest BCUT2D eigenvalue weighted by molar-refractivity contribution is 7.98. The summed E-state index contributed by atoms with van der Waals surface area (Å²) in [5.41, 5.74) is 3.13. The van der Waals surface area contributed by atoms with Gasteiger partial charge in [0, 0.05) is 38.3 Å². The predicted molar refractivity (Wildman–Crippen MR) is 99.4 cm³/mol. The van der Waals surface area contributed by atoms with Crippen LogP contribution >= 0.6 is 11.8 Å². The van der Waals surface area contributed by atoms with Crippen LogP contribution < -0.4 is 5.56 Å². The van der Waals surface area contributed by atoms with Crippen molar-refractivity contribution in [3.63, 3.8) is 0 Å². The molecule has 134 valence electrons. The molecular formula is C17H17N5O3S. The molecule has 3 heterocycles. The minimum Gasteiger partial charge on any atom is -0.361 e. The number of non-ortho nitro benzene ring substituents is 1. The van der Waals surface area contributed by atoms with Crippen LogP contribution in [0.15, 0.2) is 34.3 Å². The van der Waals surface area contributed by atoms with Crippen LogP contribution in [0.2, 0.25) is 0 Å². The highest BCUT2D eigenvalue weighted by Crippen LogP contribution is 2.30. The number of benzene rings is 1. The second-order valence-electron chi connectivity index (χ2n) is 6.23.